The van der Waals surface area contributed by atoms with Gasteiger partial charge in [-0.1, -0.05) is 0 Å². The molecule has 0 aromatic carbocycles. The Morgan fingerprint density at radius 3 is 2.82 bits per heavy atom. The third-order valence-corrected chi connectivity index (χ3v) is 4.34. The number of likely N-dealkylation sites (tertiary alicyclic amines) is 1. The maximum absolute atomic E-state index is 12.7. The summed E-state index contributed by atoms with van der Waals surface area (Å²) in [5.41, 5.74) is 0.230. The van der Waals surface area contributed by atoms with Crippen molar-refractivity contribution in [2.75, 3.05) is 26.8 Å². The van der Waals surface area contributed by atoms with Gasteiger partial charge in [0.15, 0.2) is 0 Å². The highest BCUT2D eigenvalue weighted by atomic mass is 16.5. The van der Waals surface area contributed by atoms with Crippen molar-refractivity contribution in [2.45, 2.75) is 25.4 Å². The van der Waals surface area contributed by atoms with Crippen LogP contribution in [0.25, 0.3) is 0 Å². The van der Waals surface area contributed by atoms with Crippen LogP contribution in [0.3, 0.4) is 0 Å². The fourth-order valence-corrected chi connectivity index (χ4v) is 2.72. The average Bonchev–Trinajstić information content (AvgIpc) is 3.23. The zero-order valence-corrected chi connectivity index (χ0v) is 13.1. The van der Waals surface area contributed by atoms with Crippen LogP contribution in [-0.4, -0.2) is 48.3 Å². The van der Waals surface area contributed by atoms with Crippen LogP contribution >= 0.6 is 0 Å². The van der Waals surface area contributed by atoms with Crippen LogP contribution in [0, 0.1) is 5.92 Å². The van der Waals surface area contributed by atoms with Gasteiger partial charge in [0.05, 0.1) is 18.8 Å². The number of aromatic nitrogens is 1. The van der Waals surface area contributed by atoms with E-state index in [4.69, 9.17) is 9.47 Å². The summed E-state index contributed by atoms with van der Waals surface area (Å²) in [6.45, 7) is 2.10. The first-order valence-corrected chi connectivity index (χ1v) is 7.74. The number of pyridine rings is 1. The molecule has 3 rings (SSSR count). The summed E-state index contributed by atoms with van der Waals surface area (Å²) in [6.07, 6.45) is 5.08. The minimum Gasteiger partial charge on any atom is -0.496 e. The number of carbonyl (C=O) groups excluding carboxylic acids is 1. The number of methoxy groups -OCH3 is 1. The van der Waals surface area contributed by atoms with Gasteiger partial charge in [-0.2, -0.15) is 0 Å². The molecule has 1 saturated heterocycles. The first kappa shape index (κ1) is 15.1. The maximum Gasteiger partial charge on any atom is 0.259 e. The number of hydrogen-bond acceptors (Lipinski definition) is 4. The maximum atomic E-state index is 12.7. The summed E-state index contributed by atoms with van der Waals surface area (Å²) in [5.74, 6) is 0.953. The molecule has 0 radical (unpaired) electrons. The molecule has 1 amide bonds. The highest BCUT2D eigenvalue weighted by Gasteiger charge is 2.31. The number of carbonyl (C=O) groups is 1. The quantitative estimate of drug-likeness (QED) is 0.815. The van der Waals surface area contributed by atoms with E-state index in [1.807, 2.05) is 0 Å². The van der Waals surface area contributed by atoms with Crippen LogP contribution < -0.4 is 10.3 Å². The summed E-state index contributed by atoms with van der Waals surface area (Å²) in [6, 6.07) is 1.35. The van der Waals surface area contributed by atoms with Crippen molar-refractivity contribution in [3.8, 4) is 5.75 Å². The molecule has 1 atom stereocenters. The summed E-state index contributed by atoms with van der Waals surface area (Å²) in [4.78, 5) is 26.1. The molecule has 22 heavy (non-hydrogen) atoms. The second-order valence-corrected chi connectivity index (χ2v) is 6.14. The normalized spacial score (nSPS) is 21.2. The van der Waals surface area contributed by atoms with Gasteiger partial charge in [0.1, 0.15) is 5.75 Å². The average molecular weight is 306 g/mol. The lowest BCUT2D eigenvalue weighted by Crippen LogP contribution is -2.32. The van der Waals surface area contributed by atoms with Crippen LogP contribution in [0.2, 0.25) is 0 Å². The summed E-state index contributed by atoms with van der Waals surface area (Å²) in [5, 5.41) is 0. The molecule has 1 aliphatic heterocycles. The smallest absolute Gasteiger partial charge is 0.259 e. The van der Waals surface area contributed by atoms with Crippen molar-refractivity contribution in [3.05, 3.63) is 28.2 Å². The van der Waals surface area contributed by atoms with Gasteiger partial charge >= 0.3 is 0 Å². The van der Waals surface area contributed by atoms with Gasteiger partial charge in [0.25, 0.3) is 11.5 Å². The molecule has 1 unspecified atom stereocenters. The minimum atomic E-state index is -0.194. The topological polar surface area (TPSA) is 60.8 Å². The predicted octanol–water partition coefficient (Wildman–Crippen LogP) is 1.03. The van der Waals surface area contributed by atoms with Gasteiger partial charge in [0, 0.05) is 39.0 Å². The molecule has 1 aromatic rings. The van der Waals surface area contributed by atoms with Crippen LogP contribution in [0.5, 0.6) is 5.75 Å². The van der Waals surface area contributed by atoms with Gasteiger partial charge in [-0.25, -0.2) is 0 Å². The number of amides is 1. The monoisotopic (exact) mass is 306 g/mol. The summed E-state index contributed by atoms with van der Waals surface area (Å²) < 4.78 is 12.4. The number of aryl methyl sites for hydroxylation is 1. The molecule has 120 valence electrons. The van der Waals surface area contributed by atoms with Crippen molar-refractivity contribution in [1.82, 2.24) is 9.47 Å². The standard InChI is InChI=1S/C16H22N2O4/c1-17-9-13(14(21-2)7-15(17)19)16(20)18-6-5-12(8-18)22-10-11-3-4-11/h7,9,11-12H,3-6,8,10H2,1-2H3. The second kappa shape index (κ2) is 6.12. The number of hydrogen-bond donors (Lipinski definition) is 0. The van der Waals surface area contributed by atoms with E-state index in [1.54, 1.807) is 18.1 Å². The van der Waals surface area contributed by atoms with Crippen LogP contribution in [0.15, 0.2) is 17.1 Å². The Morgan fingerprint density at radius 1 is 1.36 bits per heavy atom. The molecule has 0 spiro atoms. The molecule has 6 nitrogen and oxygen atoms in total. The molecule has 0 N–H and O–H groups in total. The van der Waals surface area contributed by atoms with E-state index in [1.165, 1.54) is 30.6 Å². The molecule has 6 heteroatoms. The van der Waals surface area contributed by atoms with Crippen LogP contribution in [-0.2, 0) is 11.8 Å². The van der Waals surface area contributed by atoms with Crippen LogP contribution in [0.1, 0.15) is 29.6 Å². The Bertz CT molecular complexity index is 621. The van der Waals surface area contributed by atoms with Crippen molar-refractivity contribution in [2.24, 2.45) is 13.0 Å². The largest absolute Gasteiger partial charge is 0.496 e. The Hall–Kier alpha value is -1.82. The Balaban J connectivity index is 1.68. The van der Waals surface area contributed by atoms with Gasteiger partial charge in [0.2, 0.25) is 0 Å². The van der Waals surface area contributed by atoms with Gasteiger partial charge in [-0.3, -0.25) is 9.59 Å². The second-order valence-electron chi connectivity index (χ2n) is 6.14. The van der Waals surface area contributed by atoms with Gasteiger partial charge in [-0.15, -0.1) is 0 Å². The lowest BCUT2D eigenvalue weighted by Gasteiger charge is -2.18. The molecule has 1 aromatic heterocycles. The molecule has 1 saturated carbocycles. The predicted molar refractivity (Wildman–Crippen MR) is 81.2 cm³/mol. The molecule has 2 heterocycles. The van der Waals surface area contributed by atoms with Crippen molar-refractivity contribution < 1.29 is 14.3 Å². The van der Waals surface area contributed by atoms with Crippen molar-refractivity contribution >= 4 is 5.91 Å². The highest BCUT2D eigenvalue weighted by molar-refractivity contribution is 5.96. The molecule has 2 fully saturated rings. The van der Waals surface area contributed by atoms with Crippen molar-refractivity contribution in [1.29, 1.82) is 0 Å². The summed E-state index contributed by atoms with van der Waals surface area (Å²) in [7, 11) is 3.10. The fourth-order valence-electron chi connectivity index (χ4n) is 2.72. The van der Waals surface area contributed by atoms with Crippen molar-refractivity contribution in [3.63, 3.8) is 0 Å². The molecular weight excluding hydrogens is 284 g/mol. The third kappa shape index (κ3) is 3.16. The number of rotatable bonds is 5. The van der Waals surface area contributed by atoms with E-state index < -0.39 is 0 Å². The first-order valence-electron chi connectivity index (χ1n) is 7.74. The van der Waals surface area contributed by atoms with E-state index in [0.717, 1.165) is 18.9 Å². The number of ether oxygens (including phenoxy) is 2. The number of nitrogens with zero attached hydrogens (tertiary/aromatic N) is 2. The van der Waals surface area contributed by atoms with E-state index in [9.17, 15) is 9.59 Å². The zero-order chi connectivity index (χ0) is 15.7. The molecule has 1 aliphatic carbocycles. The molecule has 0 bridgehead atoms. The van der Waals surface area contributed by atoms with E-state index in [2.05, 4.69) is 0 Å². The third-order valence-electron chi connectivity index (χ3n) is 4.34. The zero-order valence-electron chi connectivity index (χ0n) is 13.1. The summed E-state index contributed by atoms with van der Waals surface area (Å²) >= 11 is 0. The van der Waals surface area contributed by atoms with E-state index >= 15 is 0 Å². The Labute approximate surface area is 129 Å². The Morgan fingerprint density at radius 2 is 2.14 bits per heavy atom. The lowest BCUT2D eigenvalue weighted by atomic mass is 10.2. The molecular formula is C16H22N2O4. The first-order chi connectivity index (χ1) is 10.6. The van der Waals surface area contributed by atoms with E-state index in [0.29, 0.717) is 24.4 Å². The highest BCUT2D eigenvalue weighted by Crippen LogP contribution is 2.30. The van der Waals surface area contributed by atoms with Crippen LogP contribution in [0.4, 0.5) is 0 Å². The van der Waals surface area contributed by atoms with E-state index in [-0.39, 0.29) is 17.6 Å². The van der Waals surface area contributed by atoms with Gasteiger partial charge < -0.3 is 18.9 Å². The SMILES string of the molecule is COc1cc(=O)n(C)cc1C(=O)N1CCC(OCC2CC2)C1. The molecule has 2 aliphatic rings. The minimum absolute atomic E-state index is 0.107. The Kier molecular flexibility index (Phi) is 4.20. The fraction of sp³-hybridized carbons (Fsp3) is 0.625. The lowest BCUT2D eigenvalue weighted by molar-refractivity contribution is 0.0479. The van der Waals surface area contributed by atoms with Gasteiger partial charge in [-0.05, 0) is 25.2 Å².